The smallest absolute Gasteiger partial charge is 0.458 e. The molecule has 5 nitrogen and oxygen atoms in total. The zero-order chi connectivity index (χ0) is 43.6. The fraction of sp³-hybridized carbons (Fsp3) is 0.514. The van der Waals surface area contributed by atoms with Gasteiger partial charge in [0.25, 0.3) is 0 Å². The Balaban J connectivity index is 2.29. The highest BCUT2D eigenvalue weighted by atomic mass is 19.4. The SMILES string of the molecule is CC(C)=C=CC(Cc1ccc(C(F)(F)F)cc1)(NC(=O)OCc1ccc(CCC(F)(F)C(F)(F)C(F)(F)C(F)(F)C(F)(F)C(F)(F)F)cc1)C(=O)OC(C)(C)C. The first-order valence-corrected chi connectivity index (χ1v) is 15.8. The van der Waals surface area contributed by atoms with Crippen LogP contribution in [0.1, 0.15) is 63.3 Å². The molecule has 0 heterocycles. The lowest BCUT2D eigenvalue weighted by Crippen LogP contribution is -2.70. The van der Waals surface area contributed by atoms with Crippen molar-refractivity contribution in [2.45, 2.75) is 114 Å². The first-order valence-electron chi connectivity index (χ1n) is 15.8. The van der Waals surface area contributed by atoms with Gasteiger partial charge in [0.2, 0.25) is 0 Å². The van der Waals surface area contributed by atoms with E-state index in [2.05, 4.69) is 11.0 Å². The van der Waals surface area contributed by atoms with Gasteiger partial charge < -0.3 is 14.8 Å². The van der Waals surface area contributed by atoms with Crippen molar-refractivity contribution in [2.24, 2.45) is 0 Å². The third kappa shape index (κ3) is 10.7. The number of halogens is 16. The number of nitrogens with one attached hydrogen (secondary N) is 1. The lowest BCUT2D eigenvalue weighted by Gasteiger charge is -2.39. The van der Waals surface area contributed by atoms with Gasteiger partial charge in [-0.1, -0.05) is 36.4 Å². The van der Waals surface area contributed by atoms with Crippen LogP contribution in [-0.4, -0.2) is 59.0 Å². The van der Waals surface area contributed by atoms with Gasteiger partial charge in [-0.05, 0) is 81.5 Å². The van der Waals surface area contributed by atoms with Crippen molar-refractivity contribution >= 4 is 12.1 Å². The number of benzene rings is 2. The highest BCUT2D eigenvalue weighted by molar-refractivity contribution is 5.88. The quantitative estimate of drug-likeness (QED) is 0.117. The molecule has 2 aromatic rings. The summed E-state index contributed by atoms with van der Waals surface area (Å²) in [5, 5.41) is 2.31. The van der Waals surface area contributed by atoms with Gasteiger partial charge in [-0.2, -0.15) is 70.2 Å². The number of carbonyl (C=O) groups excluding carboxylic acids is 2. The molecule has 1 atom stereocenters. The van der Waals surface area contributed by atoms with Crippen LogP contribution in [0.15, 0.2) is 65.9 Å². The molecule has 56 heavy (non-hydrogen) atoms. The molecule has 314 valence electrons. The maximum absolute atomic E-state index is 14.2. The zero-order valence-electron chi connectivity index (χ0n) is 29.7. The number of hydrogen-bond acceptors (Lipinski definition) is 4. The maximum Gasteiger partial charge on any atom is 0.460 e. The molecule has 0 aliphatic heterocycles. The van der Waals surface area contributed by atoms with Gasteiger partial charge in [-0.15, -0.1) is 5.73 Å². The summed E-state index contributed by atoms with van der Waals surface area (Å²) < 4.78 is 224. The number of alkyl carbamates (subject to hydrolysis) is 1. The maximum atomic E-state index is 14.2. The van der Waals surface area contributed by atoms with Gasteiger partial charge in [0.1, 0.15) is 12.2 Å². The van der Waals surface area contributed by atoms with Crippen molar-refractivity contribution in [3.63, 3.8) is 0 Å². The van der Waals surface area contributed by atoms with E-state index in [-0.39, 0.29) is 11.1 Å². The third-order valence-electron chi connectivity index (χ3n) is 7.58. The summed E-state index contributed by atoms with van der Waals surface area (Å²) in [7, 11) is 0. The molecule has 21 heteroatoms. The molecule has 0 aromatic heterocycles. The fourth-order valence-corrected chi connectivity index (χ4v) is 4.51. The molecule has 0 aliphatic rings. The van der Waals surface area contributed by atoms with E-state index in [1.807, 2.05) is 0 Å². The lowest BCUT2D eigenvalue weighted by molar-refractivity contribution is -0.440. The average Bonchev–Trinajstić information content (AvgIpc) is 3.04. The van der Waals surface area contributed by atoms with Crippen LogP contribution in [0.4, 0.5) is 75.0 Å². The number of rotatable bonds is 14. The van der Waals surface area contributed by atoms with E-state index in [4.69, 9.17) is 9.47 Å². The molecule has 1 unspecified atom stereocenters. The Bertz CT molecular complexity index is 1750. The van der Waals surface area contributed by atoms with Crippen LogP contribution >= 0.6 is 0 Å². The summed E-state index contributed by atoms with van der Waals surface area (Å²) in [6, 6.07) is 7.36. The molecule has 0 fully saturated rings. The lowest BCUT2D eigenvalue weighted by atomic mass is 9.89. The Kier molecular flexibility index (Phi) is 13.8. The highest BCUT2D eigenvalue weighted by Crippen LogP contribution is 2.60. The van der Waals surface area contributed by atoms with Crippen molar-refractivity contribution in [2.75, 3.05) is 0 Å². The van der Waals surface area contributed by atoms with Crippen molar-refractivity contribution in [1.29, 1.82) is 0 Å². The minimum absolute atomic E-state index is 0.0204. The Morgan fingerprint density at radius 1 is 0.661 bits per heavy atom. The Labute approximate surface area is 308 Å². The summed E-state index contributed by atoms with van der Waals surface area (Å²) in [6.45, 7) is 6.92. The molecule has 2 rings (SSSR count). The van der Waals surface area contributed by atoms with E-state index in [9.17, 15) is 79.8 Å². The Morgan fingerprint density at radius 3 is 1.57 bits per heavy atom. The Hall–Kier alpha value is -4.42. The van der Waals surface area contributed by atoms with Gasteiger partial charge in [0.15, 0.2) is 5.54 Å². The predicted octanol–water partition coefficient (Wildman–Crippen LogP) is 11.0. The summed E-state index contributed by atoms with van der Waals surface area (Å²) in [5.41, 5.74) is -1.34. The van der Waals surface area contributed by atoms with Gasteiger partial charge >= 0.3 is 54.0 Å². The van der Waals surface area contributed by atoms with Gasteiger partial charge in [0.05, 0.1) is 5.56 Å². The molecular formula is C35H33F16NO4. The number of aryl methyl sites for hydroxylation is 1. The number of ether oxygens (including phenoxy) is 2. The van der Waals surface area contributed by atoms with Crippen LogP contribution in [0.2, 0.25) is 0 Å². The molecule has 1 amide bonds. The van der Waals surface area contributed by atoms with E-state index in [0.717, 1.165) is 54.6 Å². The minimum Gasteiger partial charge on any atom is -0.458 e. The number of alkyl halides is 16. The number of esters is 1. The van der Waals surface area contributed by atoms with Crippen molar-refractivity contribution in [1.82, 2.24) is 5.32 Å². The predicted molar refractivity (Wildman–Crippen MR) is 166 cm³/mol. The molecule has 0 aliphatic carbocycles. The van der Waals surface area contributed by atoms with E-state index >= 15 is 0 Å². The van der Waals surface area contributed by atoms with Crippen LogP contribution in [0, 0.1) is 0 Å². The standard InChI is InChI=1S/C35H33F16NO4/c1-20(2)14-16-28(25(53)56-27(3,4)5,18-22-10-12-24(13-11-22)30(38,39)40)52-26(54)55-19-23-8-6-21(7-9-23)15-17-29(36,37)31(41,42)32(43,44)33(45,46)34(47,48)35(49,50)51/h6-13,16H,15,17-19H2,1-5H3,(H,52,54). The fourth-order valence-electron chi connectivity index (χ4n) is 4.51. The monoisotopic (exact) mass is 835 g/mol. The zero-order valence-corrected chi connectivity index (χ0v) is 29.7. The number of amides is 1. The van der Waals surface area contributed by atoms with E-state index in [1.54, 1.807) is 13.8 Å². The summed E-state index contributed by atoms with van der Waals surface area (Å²) >= 11 is 0. The minimum atomic E-state index is -8.00. The van der Waals surface area contributed by atoms with E-state index in [0.29, 0.717) is 5.57 Å². The summed E-state index contributed by atoms with van der Waals surface area (Å²) in [4.78, 5) is 26.6. The number of carbonyl (C=O) groups is 2. The first kappa shape index (κ1) is 47.7. The summed E-state index contributed by atoms with van der Waals surface area (Å²) in [6.07, 6.45) is -16.7. The normalized spacial score (nSPS) is 14.7. The van der Waals surface area contributed by atoms with Gasteiger partial charge in [-0.25, -0.2) is 9.59 Å². The molecule has 0 bridgehead atoms. The van der Waals surface area contributed by atoms with Crippen LogP contribution in [0.3, 0.4) is 0 Å². The third-order valence-corrected chi connectivity index (χ3v) is 7.58. The topological polar surface area (TPSA) is 64.6 Å². The van der Waals surface area contributed by atoms with Crippen LogP contribution in [0.25, 0.3) is 0 Å². The molecule has 0 saturated carbocycles. The van der Waals surface area contributed by atoms with Crippen LogP contribution in [-0.2, 0) is 39.9 Å². The van der Waals surface area contributed by atoms with Gasteiger partial charge in [-0.3, -0.25) is 0 Å². The van der Waals surface area contributed by atoms with Crippen LogP contribution < -0.4 is 5.32 Å². The number of hydrogen-bond donors (Lipinski definition) is 1. The van der Waals surface area contributed by atoms with Gasteiger partial charge in [0, 0.05) is 12.8 Å². The first-order chi connectivity index (χ1) is 25.0. The van der Waals surface area contributed by atoms with Crippen molar-refractivity contribution in [3.05, 3.63) is 88.2 Å². The Morgan fingerprint density at radius 2 is 1.12 bits per heavy atom. The second-order valence-corrected chi connectivity index (χ2v) is 13.7. The summed E-state index contributed by atoms with van der Waals surface area (Å²) in [5.74, 6) is -38.5. The molecule has 0 radical (unpaired) electrons. The largest absolute Gasteiger partial charge is 0.460 e. The second kappa shape index (κ2) is 16.2. The van der Waals surface area contributed by atoms with E-state index < -0.39 is 102 Å². The average molecular weight is 836 g/mol. The molecule has 1 N–H and O–H groups in total. The van der Waals surface area contributed by atoms with Crippen molar-refractivity contribution in [3.8, 4) is 0 Å². The molecular weight excluding hydrogens is 802 g/mol. The van der Waals surface area contributed by atoms with Crippen molar-refractivity contribution < 1.29 is 89.3 Å². The highest BCUT2D eigenvalue weighted by Gasteiger charge is 2.90. The van der Waals surface area contributed by atoms with Crippen LogP contribution in [0.5, 0.6) is 0 Å². The van der Waals surface area contributed by atoms with E-state index in [1.165, 1.54) is 20.8 Å². The molecule has 2 aromatic carbocycles. The second-order valence-electron chi connectivity index (χ2n) is 13.7. The molecule has 0 saturated heterocycles. The molecule has 0 spiro atoms.